The van der Waals surface area contributed by atoms with Crippen LogP contribution in [0.2, 0.25) is 0 Å². The molecule has 0 fully saturated rings. The molecule has 0 radical (unpaired) electrons. The summed E-state index contributed by atoms with van der Waals surface area (Å²) in [6, 6.07) is 4.20. The summed E-state index contributed by atoms with van der Waals surface area (Å²) < 4.78 is 27.4. The summed E-state index contributed by atoms with van der Waals surface area (Å²) in [6.07, 6.45) is 1.77. The van der Waals surface area contributed by atoms with E-state index in [0.29, 0.717) is 5.57 Å². The van der Waals surface area contributed by atoms with Crippen molar-refractivity contribution in [2.45, 2.75) is 20.8 Å². The molecule has 0 aliphatic carbocycles. The van der Waals surface area contributed by atoms with Crippen molar-refractivity contribution in [2.75, 3.05) is 14.1 Å². The number of halogens is 2. The first kappa shape index (κ1) is 15.4. The molecule has 1 rings (SSSR count). The van der Waals surface area contributed by atoms with Gasteiger partial charge in [0, 0.05) is 31.4 Å². The quantitative estimate of drug-likeness (QED) is 0.729. The lowest BCUT2D eigenvalue weighted by atomic mass is 9.81. The largest absolute Gasteiger partial charge is 0.383 e. The van der Waals surface area contributed by atoms with E-state index < -0.39 is 11.6 Å². The van der Waals surface area contributed by atoms with Crippen LogP contribution >= 0.6 is 0 Å². The molecular formula is C16H21F2N. The Hall–Kier alpha value is -1.64. The van der Waals surface area contributed by atoms with Crippen molar-refractivity contribution in [3.63, 3.8) is 0 Å². The first-order valence-corrected chi connectivity index (χ1v) is 6.17. The number of hydrogen-bond donors (Lipinski definition) is 0. The van der Waals surface area contributed by atoms with E-state index in [4.69, 9.17) is 0 Å². The van der Waals surface area contributed by atoms with Gasteiger partial charge < -0.3 is 4.90 Å². The van der Waals surface area contributed by atoms with Crippen LogP contribution in [-0.2, 0) is 0 Å². The van der Waals surface area contributed by atoms with Gasteiger partial charge >= 0.3 is 0 Å². The second kappa shape index (κ2) is 5.55. The van der Waals surface area contributed by atoms with Gasteiger partial charge in [-0.2, -0.15) is 0 Å². The van der Waals surface area contributed by atoms with Crippen LogP contribution in [0.15, 0.2) is 36.6 Å². The smallest absolute Gasteiger partial charge is 0.166 e. The van der Waals surface area contributed by atoms with E-state index in [1.165, 1.54) is 6.07 Å². The topological polar surface area (TPSA) is 3.24 Å². The third-order valence-corrected chi connectivity index (χ3v) is 2.86. The van der Waals surface area contributed by atoms with Crippen molar-refractivity contribution in [3.05, 3.63) is 53.7 Å². The van der Waals surface area contributed by atoms with Crippen LogP contribution in [0, 0.1) is 17.0 Å². The van der Waals surface area contributed by atoms with Crippen molar-refractivity contribution in [3.8, 4) is 0 Å². The molecular weight excluding hydrogens is 244 g/mol. The molecule has 3 heteroatoms. The van der Waals surface area contributed by atoms with Gasteiger partial charge in [-0.05, 0) is 17.1 Å². The average Bonchev–Trinajstić information content (AvgIpc) is 2.27. The first-order valence-electron chi connectivity index (χ1n) is 6.17. The maximum atomic E-state index is 14.0. The average molecular weight is 265 g/mol. The third-order valence-electron chi connectivity index (χ3n) is 2.86. The van der Waals surface area contributed by atoms with Crippen molar-refractivity contribution in [2.24, 2.45) is 5.41 Å². The van der Waals surface area contributed by atoms with E-state index in [0.717, 1.165) is 11.6 Å². The van der Waals surface area contributed by atoms with Crippen molar-refractivity contribution >= 4 is 5.57 Å². The zero-order valence-corrected chi connectivity index (χ0v) is 12.2. The highest BCUT2D eigenvalue weighted by molar-refractivity contribution is 5.79. The molecule has 0 heterocycles. The molecule has 0 aromatic heterocycles. The van der Waals surface area contributed by atoms with Gasteiger partial charge in [0.05, 0.1) is 0 Å². The summed E-state index contributed by atoms with van der Waals surface area (Å²) >= 11 is 0. The van der Waals surface area contributed by atoms with E-state index in [-0.39, 0.29) is 11.0 Å². The normalized spacial score (nSPS) is 12.5. The van der Waals surface area contributed by atoms with Crippen LogP contribution < -0.4 is 0 Å². The Morgan fingerprint density at radius 2 is 1.79 bits per heavy atom. The summed E-state index contributed by atoms with van der Waals surface area (Å²) in [5.41, 5.74) is 1.41. The molecule has 0 atom stereocenters. The molecule has 0 aliphatic rings. The zero-order chi connectivity index (χ0) is 14.8. The van der Waals surface area contributed by atoms with Crippen LogP contribution in [-0.4, -0.2) is 19.0 Å². The van der Waals surface area contributed by atoms with Crippen LogP contribution in [0.5, 0.6) is 0 Å². The van der Waals surface area contributed by atoms with E-state index in [1.807, 2.05) is 34.9 Å². The van der Waals surface area contributed by atoms with E-state index in [2.05, 4.69) is 6.58 Å². The Morgan fingerprint density at radius 3 is 2.26 bits per heavy atom. The lowest BCUT2D eigenvalue weighted by Crippen LogP contribution is -2.13. The molecule has 104 valence electrons. The minimum atomic E-state index is -0.844. The summed E-state index contributed by atoms with van der Waals surface area (Å²) in [6.45, 7) is 10.0. The summed E-state index contributed by atoms with van der Waals surface area (Å²) in [7, 11) is 3.68. The fourth-order valence-corrected chi connectivity index (χ4v) is 1.68. The van der Waals surface area contributed by atoms with E-state index in [1.54, 1.807) is 17.2 Å². The number of nitrogens with zero attached hydrogens (tertiary/aromatic N) is 1. The predicted molar refractivity (Wildman–Crippen MR) is 76.6 cm³/mol. The van der Waals surface area contributed by atoms with E-state index >= 15 is 0 Å². The maximum Gasteiger partial charge on any atom is 0.166 e. The van der Waals surface area contributed by atoms with Gasteiger partial charge in [-0.1, -0.05) is 39.5 Å². The van der Waals surface area contributed by atoms with Crippen LogP contribution in [0.3, 0.4) is 0 Å². The van der Waals surface area contributed by atoms with Gasteiger partial charge in [-0.3, -0.25) is 0 Å². The van der Waals surface area contributed by atoms with Gasteiger partial charge in [-0.25, -0.2) is 8.78 Å². The monoisotopic (exact) mass is 265 g/mol. The van der Waals surface area contributed by atoms with Gasteiger partial charge in [0.2, 0.25) is 0 Å². The number of allylic oxidation sites excluding steroid dienone is 2. The van der Waals surface area contributed by atoms with Crippen molar-refractivity contribution < 1.29 is 8.78 Å². The fourth-order valence-electron chi connectivity index (χ4n) is 1.68. The Kier molecular flexibility index (Phi) is 4.51. The second-order valence-corrected chi connectivity index (χ2v) is 5.84. The van der Waals surface area contributed by atoms with Crippen molar-refractivity contribution in [1.29, 1.82) is 0 Å². The molecule has 19 heavy (non-hydrogen) atoms. The highest BCUT2D eigenvalue weighted by Gasteiger charge is 2.22. The van der Waals surface area contributed by atoms with E-state index in [9.17, 15) is 8.78 Å². The van der Waals surface area contributed by atoms with Crippen LogP contribution in [0.1, 0.15) is 26.3 Å². The number of rotatable bonds is 3. The fraction of sp³-hybridized carbons (Fsp3) is 0.375. The van der Waals surface area contributed by atoms with Gasteiger partial charge in [0.1, 0.15) is 0 Å². The minimum Gasteiger partial charge on any atom is -0.383 e. The first-order chi connectivity index (χ1) is 8.64. The van der Waals surface area contributed by atoms with Gasteiger partial charge in [-0.15, -0.1) is 0 Å². The summed E-state index contributed by atoms with van der Waals surface area (Å²) in [5, 5.41) is 0. The lowest BCUT2D eigenvalue weighted by molar-refractivity contribution is 0.499. The Morgan fingerprint density at radius 1 is 1.21 bits per heavy atom. The SMILES string of the molecule is C=C(/C(=C/N(C)C)c1cccc(F)c1F)C(C)(C)C. The Balaban J connectivity index is 3.43. The molecule has 0 saturated carbocycles. The molecule has 0 N–H and O–H groups in total. The third kappa shape index (κ3) is 3.66. The molecule has 1 aromatic carbocycles. The molecule has 0 bridgehead atoms. The van der Waals surface area contributed by atoms with Crippen LogP contribution in [0.4, 0.5) is 8.78 Å². The number of hydrogen-bond acceptors (Lipinski definition) is 1. The molecule has 0 unspecified atom stereocenters. The molecule has 0 spiro atoms. The van der Waals surface area contributed by atoms with Crippen LogP contribution in [0.25, 0.3) is 5.57 Å². The Bertz CT molecular complexity index is 508. The summed E-state index contributed by atoms with van der Waals surface area (Å²) in [5.74, 6) is -1.68. The maximum absolute atomic E-state index is 14.0. The molecule has 1 nitrogen and oxygen atoms in total. The highest BCUT2D eigenvalue weighted by atomic mass is 19.2. The summed E-state index contributed by atoms with van der Waals surface area (Å²) in [4.78, 5) is 1.80. The molecule has 0 amide bonds. The molecule has 0 aliphatic heterocycles. The number of benzene rings is 1. The standard InChI is InChI=1S/C16H21F2N/c1-11(16(2,3)4)13(10-19(5)6)12-8-7-9-14(17)15(12)18/h7-10H,1H2,2-6H3/b13-10-. The second-order valence-electron chi connectivity index (χ2n) is 5.84. The lowest BCUT2D eigenvalue weighted by Gasteiger charge is -2.26. The predicted octanol–water partition coefficient (Wildman–Crippen LogP) is 4.47. The van der Waals surface area contributed by atoms with Crippen molar-refractivity contribution in [1.82, 2.24) is 4.90 Å². The van der Waals surface area contributed by atoms with Gasteiger partial charge in [0.15, 0.2) is 11.6 Å². The minimum absolute atomic E-state index is 0.222. The highest BCUT2D eigenvalue weighted by Crippen LogP contribution is 2.36. The molecule has 1 aromatic rings. The molecule has 0 saturated heterocycles. The zero-order valence-electron chi connectivity index (χ0n) is 12.2. The van der Waals surface area contributed by atoms with Gasteiger partial charge in [0.25, 0.3) is 0 Å². The Labute approximate surface area is 114 Å².